The van der Waals surface area contributed by atoms with Gasteiger partial charge in [0.1, 0.15) is 5.82 Å². The van der Waals surface area contributed by atoms with Crippen LogP contribution < -0.4 is 4.90 Å². The van der Waals surface area contributed by atoms with E-state index < -0.39 is 10.0 Å². The van der Waals surface area contributed by atoms with Gasteiger partial charge in [-0.05, 0) is 42.7 Å². The molecule has 152 valence electrons. The number of piperazine rings is 1. The second-order valence-electron chi connectivity index (χ2n) is 7.30. The lowest BCUT2D eigenvalue weighted by molar-refractivity contribution is 0.383. The van der Waals surface area contributed by atoms with Gasteiger partial charge in [0.2, 0.25) is 10.0 Å². The second kappa shape index (κ2) is 9.52. The van der Waals surface area contributed by atoms with Crippen LogP contribution in [0.15, 0.2) is 53.4 Å². The van der Waals surface area contributed by atoms with Gasteiger partial charge < -0.3 is 4.90 Å². The predicted octanol–water partition coefficient (Wildman–Crippen LogP) is 4.46. The standard InChI is InChI=1S/C22H29FN2O2S/c1-2-3-4-5-8-19-11-13-20(14-12-19)28(26,27)25-17-15-24(16-18-25)22-10-7-6-9-21(22)23/h6-7,9-14H,2-5,8,15-18H2,1H3. The number of aryl methyl sites for hydroxylation is 1. The van der Waals surface area contributed by atoms with Gasteiger partial charge in [0.25, 0.3) is 0 Å². The Labute approximate surface area is 168 Å². The van der Waals surface area contributed by atoms with Gasteiger partial charge in [-0.25, -0.2) is 12.8 Å². The minimum Gasteiger partial charge on any atom is -0.367 e. The zero-order valence-corrected chi connectivity index (χ0v) is 17.3. The summed E-state index contributed by atoms with van der Waals surface area (Å²) in [6.45, 7) is 3.87. The van der Waals surface area contributed by atoms with Gasteiger partial charge in [0.15, 0.2) is 0 Å². The Morgan fingerprint density at radius 2 is 1.57 bits per heavy atom. The number of nitrogens with zero attached hydrogens (tertiary/aromatic N) is 2. The first-order valence-corrected chi connectivity index (χ1v) is 11.5. The largest absolute Gasteiger partial charge is 0.367 e. The fraction of sp³-hybridized carbons (Fsp3) is 0.455. The smallest absolute Gasteiger partial charge is 0.243 e. The SMILES string of the molecule is CCCCCCc1ccc(S(=O)(=O)N2CCN(c3ccccc3F)CC2)cc1. The van der Waals surface area contributed by atoms with Crippen molar-refractivity contribution >= 4 is 15.7 Å². The van der Waals surface area contributed by atoms with E-state index in [-0.39, 0.29) is 5.82 Å². The highest BCUT2D eigenvalue weighted by Crippen LogP contribution is 2.23. The van der Waals surface area contributed by atoms with Crippen molar-refractivity contribution in [2.75, 3.05) is 31.1 Å². The maximum Gasteiger partial charge on any atom is 0.243 e. The number of hydrogen-bond donors (Lipinski definition) is 0. The van der Waals surface area contributed by atoms with E-state index in [2.05, 4.69) is 6.92 Å². The van der Waals surface area contributed by atoms with Crippen molar-refractivity contribution in [3.05, 3.63) is 59.9 Å². The zero-order chi connectivity index (χ0) is 20.0. The van der Waals surface area contributed by atoms with Gasteiger partial charge in [-0.15, -0.1) is 0 Å². The lowest BCUT2D eigenvalue weighted by Crippen LogP contribution is -2.48. The normalized spacial score (nSPS) is 15.7. The fourth-order valence-corrected chi connectivity index (χ4v) is 5.03. The molecule has 0 spiro atoms. The van der Waals surface area contributed by atoms with E-state index in [1.54, 1.807) is 30.3 Å². The highest BCUT2D eigenvalue weighted by atomic mass is 32.2. The molecule has 0 bridgehead atoms. The first-order chi connectivity index (χ1) is 13.5. The number of sulfonamides is 1. The Balaban J connectivity index is 1.60. The van der Waals surface area contributed by atoms with Crippen LogP contribution in [0.25, 0.3) is 0 Å². The Bertz CT molecular complexity index is 860. The van der Waals surface area contributed by atoms with Crippen molar-refractivity contribution in [2.45, 2.75) is 43.9 Å². The summed E-state index contributed by atoms with van der Waals surface area (Å²) in [6, 6.07) is 13.9. The topological polar surface area (TPSA) is 40.6 Å². The first-order valence-electron chi connectivity index (χ1n) is 10.1. The van der Waals surface area contributed by atoms with Crippen LogP contribution in [0.2, 0.25) is 0 Å². The van der Waals surface area contributed by atoms with Gasteiger partial charge in [0, 0.05) is 26.2 Å². The summed E-state index contributed by atoms with van der Waals surface area (Å²) in [5.74, 6) is -0.270. The van der Waals surface area contributed by atoms with Crippen molar-refractivity contribution in [2.24, 2.45) is 0 Å². The lowest BCUT2D eigenvalue weighted by atomic mass is 10.1. The van der Waals surface area contributed by atoms with Gasteiger partial charge in [-0.1, -0.05) is 50.5 Å². The fourth-order valence-electron chi connectivity index (χ4n) is 3.61. The summed E-state index contributed by atoms with van der Waals surface area (Å²) in [7, 11) is -3.51. The highest BCUT2D eigenvalue weighted by Gasteiger charge is 2.29. The molecular formula is C22H29FN2O2S. The van der Waals surface area contributed by atoms with Crippen LogP contribution in [-0.2, 0) is 16.4 Å². The number of unbranched alkanes of at least 4 members (excludes halogenated alkanes) is 3. The zero-order valence-electron chi connectivity index (χ0n) is 16.5. The maximum absolute atomic E-state index is 14.0. The number of hydrogen-bond acceptors (Lipinski definition) is 3. The van der Waals surface area contributed by atoms with Crippen LogP contribution in [0.5, 0.6) is 0 Å². The van der Waals surface area contributed by atoms with Crippen LogP contribution in [-0.4, -0.2) is 38.9 Å². The van der Waals surface area contributed by atoms with Crippen molar-refractivity contribution < 1.29 is 12.8 Å². The molecule has 1 fully saturated rings. The molecule has 4 nitrogen and oxygen atoms in total. The minimum atomic E-state index is -3.51. The second-order valence-corrected chi connectivity index (χ2v) is 9.24. The summed E-state index contributed by atoms with van der Waals surface area (Å²) < 4.78 is 41.3. The molecule has 28 heavy (non-hydrogen) atoms. The van der Waals surface area contributed by atoms with E-state index in [1.165, 1.54) is 35.2 Å². The Kier molecular flexibility index (Phi) is 7.08. The molecule has 2 aromatic carbocycles. The number of rotatable bonds is 8. The predicted molar refractivity (Wildman–Crippen MR) is 112 cm³/mol. The maximum atomic E-state index is 14.0. The molecule has 0 aromatic heterocycles. The van der Waals surface area contributed by atoms with E-state index >= 15 is 0 Å². The quantitative estimate of drug-likeness (QED) is 0.610. The summed E-state index contributed by atoms with van der Waals surface area (Å²) in [4.78, 5) is 2.24. The summed E-state index contributed by atoms with van der Waals surface area (Å²) in [6.07, 6.45) is 5.79. The van der Waals surface area contributed by atoms with Crippen LogP contribution in [0, 0.1) is 5.82 Å². The first kappa shape index (κ1) is 20.8. The average Bonchev–Trinajstić information content (AvgIpc) is 2.72. The van der Waals surface area contributed by atoms with Crippen molar-refractivity contribution in [1.29, 1.82) is 0 Å². The van der Waals surface area contributed by atoms with E-state index in [9.17, 15) is 12.8 Å². The Morgan fingerprint density at radius 1 is 0.893 bits per heavy atom. The monoisotopic (exact) mass is 404 g/mol. The number of benzene rings is 2. The van der Waals surface area contributed by atoms with Gasteiger partial charge >= 0.3 is 0 Å². The average molecular weight is 405 g/mol. The lowest BCUT2D eigenvalue weighted by Gasteiger charge is -2.35. The van der Waals surface area contributed by atoms with Crippen LogP contribution in [0.3, 0.4) is 0 Å². The number of anilines is 1. The number of para-hydroxylation sites is 1. The third kappa shape index (κ3) is 4.92. The van der Waals surface area contributed by atoms with Crippen LogP contribution >= 0.6 is 0 Å². The molecule has 1 aliphatic rings. The summed E-state index contributed by atoms with van der Waals surface area (Å²) in [5.41, 5.74) is 1.71. The third-order valence-corrected chi connectivity index (χ3v) is 7.22. The van der Waals surface area contributed by atoms with Crippen molar-refractivity contribution in [1.82, 2.24) is 4.31 Å². The van der Waals surface area contributed by atoms with E-state index in [0.717, 1.165) is 12.8 Å². The van der Waals surface area contributed by atoms with Gasteiger partial charge in [-0.2, -0.15) is 4.31 Å². The van der Waals surface area contributed by atoms with Crippen molar-refractivity contribution in [3.8, 4) is 0 Å². The summed E-state index contributed by atoms with van der Waals surface area (Å²) >= 11 is 0. The molecule has 0 aliphatic carbocycles. The molecule has 3 rings (SSSR count). The molecule has 2 aromatic rings. The molecule has 0 atom stereocenters. The molecule has 0 radical (unpaired) electrons. The van der Waals surface area contributed by atoms with E-state index in [0.29, 0.717) is 36.8 Å². The van der Waals surface area contributed by atoms with E-state index in [1.807, 2.05) is 17.0 Å². The van der Waals surface area contributed by atoms with Crippen LogP contribution in [0.4, 0.5) is 10.1 Å². The molecule has 0 unspecified atom stereocenters. The molecular weight excluding hydrogens is 375 g/mol. The summed E-state index contributed by atoms with van der Waals surface area (Å²) in [5, 5.41) is 0. The molecule has 1 heterocycles. The molecule has 1 saturated heterocycles. The molecule has 0 amide bonds. The molecule has 1 aliphatic heterocycles. The van der Waals surface area contributed by atoms with Gasteiger partial charge in [0.05, 0.1) is 10.6 Å². The van der Waals surface area contributed by atoms with E-state index in [4.69, 9.17) is 0 Å². The Morgan fingerprint density at radius 3 is 2.21 bits per heavy atom. The van der Waals surface area contributed by atoms with Crippen LogP contribution in [0.1, 0.15) is 38.2 Å². The van der Waals surface area contributed by atoms with Crippen molar-refractivity contribution in [3.63, 3.8) is 0 Å². The molecule has 6 heteroatoms. The molecule has 0 N–H and O–H groups in total. The molecule has 0 saturated carbocycles. The highest BCUT2D eigenvalue weighted by molar-refractivity contribution is 7.89. The Hall–Kier alpha value is -1.92. The third-order valence-electron chi connectivity index (χ3n) is 5.31. The number of halogens is 1. The minimum absolute atomic E-state index is 0.270. The van der Waals surface area contributed by atoms with Gasteiger partial charge in [-0.3, -0.25) is 0 Å².